The van der Waals surface area contributed by atoms with E-state index in [-0.39, 0.29) is 18.0 Å². The van der Waals surface area contributed by atoms with Crippen LogP contribution in [0.3, 0.4) is 0 Å². The van der Waals surface area contributed by atoms with E-state index in [0.717, 1.165) is 17.2 Å². The lowest BCUT2D eigenvalue weighted by atomic mass is 9.98. The van der Waals surface area contributed by atoms with Gasteiger partial charge >= 0.3 is 6.03 Å². The third-order valence-corrected chi connectivity index (χ3v) is 5.36. The Bertz CT molecular complexity index is 753. The van der Waals surface area contributed by atoms with Gasteiger partial charge in [-0.15, -0.1) is 11.3 Å². The average Bonchev–Trinajstić information content (AvgIpc) is 3.17. The molecule has 8 heteroatoms. The highest BCUT2D eigenvalue weighted by Gasteiger charge is 2.55. The minimum Gasteiger partial charge on any atom is -0.322 e. The molecule has 1 atom stereocenters. The van der Waals surface area contributed by atoms with Crippen molar-refractivity contribution in [2.45, 2.75) is 38.4 Å². The van der Waals surface area contributed by atoms with Gasteiger partial charge in [0.2, 0.25) is 0 Å². The van der Waals surface area contributed by atoms with Gasteiger partial charge < -0.3 is 5.32 Å². The fourth-order valence-electron chi connectivity index (χ4n) is 3.49. The zero-order chi connectivity index (χ0) is 16.2. The largest absolute Gasteiger partial charge is 0.325 e. The van der Waals surface area contributed by atoms with Crippen LogP contribution in [0.1, 0.15) is 26.0 Å². The predicted molar refractivity (Wildman–Crippen MR) is 86.2 cm³/mol. The molecule has 3 amide bonds. The zero-order valence-electron chi connectivity index (χ0n) is 13.2. The van der Waals surface area contributed by atoms with Crippen molar-refractivity contribution in [1.29, 1.82) is 0 Å². The second-order valence-corrected chi connectivity index (χ2v) is 7.44. The van der Waals surface area contributed by atoms with Gasteiger partial charge in [0.05, 0.1) is 5.69 Å². The summed E-state index contributed by atoms with van der Waals surface area (Å²) in [5.41, 5.74) is 0.241. The van der Waals surface area contributed by atoms with Gasteiger partial charge in [-0.25, -0.2) is 9.78 Å². The van der Waals surface area contributed by atoms with Gasteiger partial charge in [-0.2, -0.15) is 0 Å². The number of rotatable bonds is 3. The van der Waals surface area contributed by atoms with Crippen molar-refractivity contribution in [2.24, 2.45) is 0 Å². The lowest BCUT2D eigenvalue weighted by Gasteiger charge is -2.23. The summed E-state index contributed by atoms with van der Waals surface area (Å²) in [5.74, 6) is -0.0918. The van der Waals surface area contributed by atoms with E-state index in [2.05, 4.69) is 15.2 Å². The van der Waals surface area contributed by atoms with Crippen molar-refractivity contribution in [3.05, 3.63) is 23.5 Å². The van der Waals surface area contributed by atoms with E-state index in [1.807, 2.05) is 36.0 Å². The molecule has 122 valence electrons. The van der Waals surface area contributed by atoms with Crippen LogP contribution in [0.25, 0.3) is 4.96 Å². The lowest BCUT2D eigenvalue weighted by Crippen LogP contribution is -2.49. The van der Waals surface area contributed by atoms with E-state index >= 15 is 0 Å². The van der Waals surface area contributed by atoms with Crippen molar-refractivity contribution < 1.29 is 9.59 Å². The maximum absolute atomic E-state index is 12.7. The number of imide groups is 1. The molecule has 0 saturated carbocycles. The van der Waals surface area contributed by atoms with Crippen molar-refractivity contribution in [3.8, 4) is 0 Å². The Kier molecular flexibility index (Phi) is 3.21. The van der Waals surface area contributed by atoms with Crippen LogP contribution in [0.2, 0.25) is 0 Å². The first-order valence-electron chi connectivity index (χ1n) is 7.78. The second-order valence-electron chi connectivity index (χ2n) is 6.57. The first kappa shape index (κ1) is 14.6. The van der Waals surface area contributed by atoms with E-state index in [9.17, 15) is 9.59 Å². The Labute approximate surface area is 137 Å². The van der Waals surface area contributed by atoms with Gasteiger partial charge in [0.15, 0.2) is 4.96 Å². The molecule has 0 radical (unpaired) electrons. The molecule has 0 aromatic carbocycles. The average molecular weight is 333 g/mol. The number of nitrogens with one attached hydrogen (secondary N) is 1. The molecule has 2 fully saturated rings. The topological polar surface area (TPSA) is 70.0 Å². The molecule has 7 nitrogen and oxygen atoms in total. The summed E-state index contributed by atoms with van der Waals surface area (Å²) < 4.78 is 2.01. The fourth-order valence-corrected chi connectivity index (χ4v) is 4.21. The summed E-state index contributed by atoms with van der Waals surface area (Å²) in [6, 6.07) is -0.384. The molecule has 23 heavy (non-hydrogen) atoms. The third kappa shape index (κ3) is 2.24. The SMILES string of the molecule is CC(C)N1C(=O)NC2(CCN(Cc3cn4ccsc4n3)C2)C1=O. The van der Waals surface area contributed by atoms with Crippen LogP contribution in [0.15, 0.2) is 17.8 Å². The van der Waals surface area contributed by atoms with Crippen LogP contribution in [-0.2, 0) is 11.3 Å². The quantitative estimate of drug-likeness (QED) is 0.860. The first-order chi connectivity index (χ1) is 11.0. The van der Waals surface area contributed by atoms with Crippen LogP contribution in [-0.4, -0.2) is 55.8 Å². The van der Waals surface area contributed by atoms with Crippen molar-refractivity contribution >= 4 is 28.2 Å². The van der Waals surface area contributed by atoms with Crippen molar-refractivity contribution in [2.75, 3.05) is 13.1 Å². The van der Waals surface area contributed by atoms with Gasteiger partial charge in [-0.1, -0.05) is 0 Å². The zero-order valence-corrected chi connectivity index (χ0v) is 14.0. The first-order valence-corrected chi connectivity index (χ1v) is 8.66. The maximum Gasteiger partial charge on any atom is 0.325 e. The number of nitrogens with zero attached hydrogens (tertiary/aromatic N) is 4. The van der Waals surface area contributed by atoms with E-state index in [1.54, 1.807) is 11.3 Å². The molecule has 0 aliphatic carbocycles. The Morgan fingerprint density at radius 1 is 1.43 bits per heavy atom. The Morgan fingerprint density at radius 3 is 2.96 bits per heavy atom. The number of aromatic nitrogens is 2. The van der Waals surface area contributed by atoms with Crippen molar-refractivity contribution in [1.82, 2.24) is 24.5 Å². The highest BCUT2D eigenvalue weighted by Crippen LogP contribution is 2.30. The molecule has 4 rings (SSSR count). The molecule has 2 aromatic rings. The van der Waals surface area contributed by atoms with E-state index in [0.29, 0.717) is 19.5 Å². The van der Waals surface area contributed by atoms with Gasteiger partial charge in [0.25, 0.3) is 5.91 Å². The molecule has 1 unspecified atom stereocenters. The highest BCUT2D eigenvalue weighted by molar-refractivity contribution is 7.15. The number of likely N-dealkylation sites (tertiary alicyclic amines) is 1. The predicted octanol–water partition coefficient (Wildman–Crippen LogP) is 1.30. The molecule has 2 aliphatic rings. The minimum atomic E-state index is -0.752. The fraction of sp³-hybridized carbons (Fsp3) is 0.533. The number of urea groups is 1. The van der Waals surface area contributed by atoms with Crippen LogP contribution < -0.4 is 5.32 Å². The normalized spacial score (nSPS) is 25.4. The van der Waals surface area contributed by atoms with E-state index in [1.165, 1.54) is 4.90 Å². The number of fused-ring (bicyclic) bond motifs is 1. The summed E-state index contributed by atoms with van der Waals surface area (Å²) in [5, 5.41) is 4.92. The summed E-state index contributed by atoms with van der Waals surface area (Å²) in [7, 11) is 0. The van der Waals surface area contributed by atoms with Crippen LogP contribution in [0, 0.1) is 0 Å². The van der Waals surface area contributed by atoms with Crippen LogP contribution in [0.4, 0.5) is 4.79 Å². The molecule has 0 bridgehead atoms. The minimum absolute atomic E-state index is 0.0918. The Balaban J connectivity index is 1.49. The molecule has 2 aromatic heterocycles. The number of hydrogen-bond acceptors (Lipinski definition) is 5. The monoisotopic (exact) mass is 333 g/mol. The smallest absolute Gasteiger partial charge is 0.322 e. The third-order valence-electron chi connectivity index (χ3n) is 4.59. The number of carbonyl (C=O) groups is 2. The second kappa shape index (κ2) is 5.04. The molecule has 2 saturated heterocycles. The Morgan fingerprint density at radius 2 is 2.26 bits per heavy atom. The summed E-state index contributed by atoms with van der Waals surface area (Å²) >= 11 is 1.60. The van der Waals surface area contributed by atoms with Gasteiger partial charge in [-0.3, -0.25) is 19.0 Å². The van der Waals surface area contributed by atoms with Crippen LogP contribution >= 0.6 is 11.3 Å². The molecule has 1 N–H and O–H groups in total. The number of imidazole rings is 1. The van der Waals surface area contributed by atoms with E-state index in [4.69, 9.17) is 0 Å². The number of carbonyl (C=O) groups excluding carboxylic acids is 2. The van der Waals surface area contributed by atoms with E-state index < -0.39 is 5.54 Å². The highest BCUT2D eigenvalue weighted by atomic mass is 32.1. The summed E-state index contributed by atoms with van der Waals surface area (Å²) in [6.07, 6.45) is 4.67. The van der Waals surface area contributed by atoms with Crippen molar-refractivity contribution in [3.63, 3.8) is 0 Å². The number of hydrogen-bond donors (Lipinski definition) is 1. The Hall–Kier alpha value is -1.93. The molecule has 1 spiro atoms. The van der Waals surface area contributed by atoms with Gasteiger partial charge in [-0.05, 0) is 20.3 Å². The maximum atomic E-state index is 12.7. The summed E-state index contributed by atoms with van der Waals surface area (Å²) in [6.45, 7) is 5.75. The molecule has 2 aliphatic heterocycles. The summed E-state index contributed by atoms with van der Waals surface area (Å²) in [4.78, 5) is 33.9. The van der Waals surface area contributed by atoms with Gasteiger partial charge in [0.1, 0.15) is 5.54 Å². The molecular weight excluding hydrogens is 314 g/mol. The number of amides is 3. The van der Waals surface area contributed by atoms with Crippen LogP contribution in [0.5, 0.6) is 0 Å². The number of thiazole rings is 1. The standard InChI is InChI=1S/C15H19N5O2S/c1-10(2)20-12(21)15(17-13(20)22)3-4-18(9-15)7-11-8-19-5-6-23-14(19)16-11/h5-6,8,10H,3-4,7,9H2,1-2H3,(H,17,22). The molecular formula is C15H19N5O2S. The lowest BCUT2D eigenvalue weighted by molar-refractivity contribution is -0.132. The molecule has 4 heterocycles. The van der Waals surface area contributed by atoms with Gasteiger partial charge in [0, 0.05) is 43.4 Å².